The van der Waals surface area contributed by atoms with Crippen LogP contribution in [0.3, 0.4) is 0 Å². The van der Waals surface area contributed by atoms with Crippen molar-refractivity contribution < 1.29 is 23.8 Å². The second kappa shape index (κ2) is 8.55. The second-order valence-electron chi connectivity index (χ2n) is 6.36. The predicted molar refractivity (Wildman–Crippen MR) is 108 cm³/mol. The normalized spacial score (nSPS) is 15.9. The number of amides is 3. The van der Waals surface area contributed by atoms with Crippen molar-refractivity contribution in [2.24, 2.45) is 0 Å². The lowest BCUT2D eigenvalue weighted by Gasteiger charge is -2.29. The van der Waals surface area contributed by atoms with Crippen molar-refractivity contribution in [2.45, 2.75) is 13.0 Å². The van der Waals surface area contributed by atoms with Gasteiger partial charge >= 0.3 is 6.03 Å². The van der Waals surface area contributed by atoms with E-state index in [1.165, 1.54) is 7.11 Å². The molecule has 0 radical (unpaired) electrons. The van der Waals surface area contributed by atoms with Gasteiger partial charge in [-0.05, 0) is 37.3 Å². The summed E-state index contributed by atoms with van der Waals surface area (Å²) in [6.45, 7) is 1.68. The Morgan fingerprint density at radius 2 is 1.72 bits per heavy atom. The SMILES string of the molecule is COc1cccc(NC(=O)C2=C(C)NC(=O)N[C@@H]2c2cc(OC)ccc2OC)c1. The fraction of sp³-hybridized carbons (Fsp3) is 0.238. The Kier molecular flexibility index (Phi) is 5.92. The molecule has 0 aromatic heterocycles. The zero-order chi connectivity index (χ0) is 21.0. The average Bonchev–Trinajstić information content (AvgIpc) is 2.72. The molecule has 8 nitrogen and oxygen atoms in total. The summed E-state index contributed by atoms with van der Waals surface area (Å²) in [5.41, 5.74) is 1.99. The van der Waals surface area contributed by atoms with Gasteiger partial charge in [-0.2, -0.15) is 0 Å². The van der Waals surface area contributed by atoms with Gasteiger partial charge in [0.05, 0.1) is 32.9 Å². The Morgan fingerprint density at radius 1 is 1.00 bits per heavy atom. The number of anilines is 1. The van der Waals surface area contributed by atoms with E-state index in [1.54, 1.807) is 63.6 Å². The van der Waals surface area contributed by atoms with Gasteiger partial charge in [0.15, 0.2) is 0 Å². The molecule has 0 saturated heterocycles. The zero-order valence-electron chi connectivity index (χ0n) is 16.7. The van der Waals surface area contributed by atoms with E-state index in [0.717, 1.165) is 0 Å². The Morgan fingerprint density at radius 3 is 2.41 bits per heavy atom. The van der Waals surface area contributed by atoms with Crippen LogP contribution < -0.4 is 30.2 Å². The molecule has 0 spiro atoms. The summed E-state index contributed by atoms with van der Waals surface area (Å²) >= 11 is 0. The number of carbonyl (C=O) groups is 2. The molecule has 1 aliphatic rings. The summed E-state index contributed by atoms with van der Waals surface area (Å²) < 4.78 is 15.9. The average molecular weight is 397 g/mol. The van der Waals surface area contributed by atoms with Crippen LogP contribution >= 0.6 is 0 Å². The standard InChI is InChI=1S/C21H23N3O5/c1-12-18(20(25)23-13-6-5-7-14(10-13)27-2)19(24-21(26)22-12)16-11-15(28-3)8-9-17(16)29-4/h5-11,19H,1-4H3,(H,23,25)(H2,22,24,26)/t19-/m1/s1. The maximum atomic E-state index is 13.1. The van der Waals surface area contributed by atoms with E-state index in [2.05, 4.69) is 16.0 Å². The van der Waals surface area contributed by atoms with Crippen LogP contribution in [0.2, 0.25) is 0 Å². The van der Waals surface area contributed by atoms with Crippen molar-refractivity contribution >= 4 is 17.6 Å². The summed E-state index contributed by atoms with van der Waals surface area (Å²) in [4.78, 5) is 25.3. The van der Waals surface area contributed by atoms with Gasteiger partial charge in [0.25, 0.3) is 5.91 Å². The van der Waals surface area contributed by atoms with Crippen LogP contribution in [0.1, 0.15) is 18.5 Å². The molecule has 3 rings (SSSR count). The predicted octanol–water partition coefficient (Wildman–Crippen LogP) is 2.98. The van der Waals surface area contributed by atoms with E-state index in [4.69, 9.17) is 14.2 Å². The maximum Gasteiger partial charge on any atom is 0.319 e. The monoisotopic (exact) mass is 397 g/mol. The highest BCUT2D eigenvalue weighted by atomic mass is 16.5. The number of hydrogen-bond acceptors (Lipinski definition) is 5. The highest BCUT2D eigenvalue weighted by Crippen LogP contribution is 2.36. The molecule has 1 atom stereocenters. The number of carbonyl (C=O) groups excluding carboxylic acids is 2. The molecule has 152 valence electrons. The minimum Gasteiger partial charge on any atom is -0.497 e. The van der Waals surface area contributed by atoms with Crippen molar-refractivity contribution in [1.29, 1.82) is 0 Å². The van der Waals surface area contributed by atoms with Crippen LogP contribution in [-0.2, 0) is 4.79 Å². The number of nitrogens with one attached hydrogen (secondary N) is 3. The molecule has 1 aliphatic heterocycles. The molecule has 0 saturated carbocycles. The summed E-state index contributed by atoms with van der Waals surface area (Å²) in [6, 6.07) is 11.1. The number of hydrogen-bond donors (Lipinski definition) is 3. The lowest BCUT2D eigenvalue weighted by Crippen LogP contribution is -2.46. The lowest BCUT2D eigenvalue weighted by atomic mass is 9.93. The van der Waals surface area contributed by atoms with Crippen molar-refractivity contribution in [3.63, 3.8) is 0 Å². The summed E-state index contributed by atoms with van der Waals surface area (Å²) in [5.74, 6) is 1.36. The van der Waals surface area contributed by atoms with Crippen LogP contribution in [-0.4, -0.2) is 33.3 Å². The minimum absolute atomic E-state index is 0.360. The first-order chi connectivity index (χ1) is 14.0. The molecule has 29 heavy (non-hydrogen) atoms. The van der Waals surface area contributed by atoms with Crippen molar-refractivity contribution in [3.8, 4) is 17.2 Å². The summed E-state index contributed by atoms with van der Waals surface area (Å²) in [5, 5.41) is 8.31. The molecule has 3 amide bonds. The van der Waals surface area contributed by atoms with E-state index < -0.39 is 12.1 Å². The van der Waals surface area contributed by atoms with E-state index in [9.17, 15) is 9.59 Å². The molecule has 0 fully saturated rings. The van der Waals surface area contributed by atoms with Crippen LogP contribution in [0.25, 0.3) is 0 Å². The maximum absolute atomic E-state index is 13.1. The first-order valence-corrected chi connectivity index (χ1v) is 8.92. The molecule has 3 N–H and O–H groups in total. The first kappa shape index (κ1) is 20.1. The molecule has 2 aromatic rings. The van der Waals surface area contributed by atoms with Crippen molar-refractivity contribution in [1.82, 2.24) is 10.6 Å². The Balaban J connectivity index is 2.01. The number of ether oxygens (including phenoxy) is 3. The molecule has 0 bridgehead atoms. The fourth-order valence-corrected chi connectivity index (χ4v) is 3.19. The topological polar surface area (TPSA) is 97.9 Å². The van der Waals surface area contributed by atoms with Crippen molar-refractivity contribution in [2.75, 3.05) is 26.6 Å². The van der Waals surface area contributed by atoms with Crippen molar-refractivity contribution in [3.05, 3.63) is 59.3 Å². The van der Waals surface area contributed by atoms with E-state index in [1.807, 2.05) is 0 Å². The van der Waals surface area contributed by atoms with Gasteiger partial charge in [-0.15, -0.1) is 0 Å². The molecule has 2 aromatic carbocycles. The zero-order valence-corrected chi connectivity index (χ0v) is 16.7. The summed E-state index contributed by atoms with van der Waals surface area (Å²) in [6.07, 6.45) is 0. The van der Waals surface area contributed by atoms with Gasteiger partial charge in [0, 0.05) is 23.0 Å². The molecule has 8 heteroatoms. The minimum atomic E-state index is -0.723. The quantitative estimate of drug-likeness (QED) is 0.696. The first-order valence-electron chi connectivity index (χ1n) is 8.92. The largest absolute Gasteiger partial charge is 0.497 e. The Bertz CT molecular complexity index is 971. The van der Waals surface area contributed by atoms with E-state index >= 15 is 0 Å². The number of rotatable bonds is 6. The fourth-order valence-electron chi connectivity index (χ4n) is 3.19. The Labute approximate surface area is 168 Å². The highest BCUT2D eigenvalue weighted by Gasteiger charge is 2.33. The van der Waals surface area contributed by atoms with Crippen LogP contribution in [0, 0.1) is 0 Å². The smallest absolute Gasteiger partial charge is 0.319 e. The lowest BCUT2D eigenvalue weighted by molar-refractivity contribution is -0.113. The van der Waals surface area contributed by atoms with Gasteiger partial charge in [-0.1, -0.05) is 6.07 Å². The third-order valence-electron chi connectivity index (χ3n) is 4.59. The number of allylic oxidation sites excluding steroid dienone is 1. The van der Waals surface area contributed by atoms with E-state index in [0.29, 0.717) is 39.8 Å². The van der Waals surface area contributed by atoms with Crippen LogP contribution in [0.4, 0.5) is 10.5 Å². The highest BCUT2D eigenvalue weighted by molar-refractivity contribution is 6.07. The van der Waals surface area contributed by atoms with Crippen LogP contribution in [0.15, 0.2) is 53.7 Å². The second-order valence-corrected chi connectivity index (χ2v) is 6.36. The molecule has 1 heterocycles. The van der Waals surface area contributed by atoms with Crippen LogP contribution in [0.5, 0.6) is 17.2 Å². The molecule has 0 aliphatic carbocycles. The third-order valence-corrected chi connectivity index (χ3v) is 4.59. The van der Waals surface area contributed by atoms with E-state index in [-0.39, 0.29) is 5.91 Å². The Hall–Kier alpha value is -3.68. The van der Waals surface area contributed by atoms with Gasteiger partial charge in [0.1, 0.15) is 17.2 Å². The van der Waals surface area contributed by atoms with Gasteiger partial charge in [0.2, 0.25) is 0 Å². The third kappa shape index (κ3) is 4.26. The number of benzene rings is 2. The van der Waals surface area contributed by atoms with Gasteiger partial charge < -0.3 is 30.2 Å². The van der Waals surface area contributed by atoms with Gasteiger partial charge in [-0.25, -0.2) is 4.79 Å². The molecular weight excluding hydrogens is 374 g/mol. The molecule has 0 unspecified atom stereocenters. The summed E-state index contributed by atoms with van der Waals surface area (Å²) in [7, 11) is 4.63. The number of methoxy groups -OCH3 is 3. The number of urea groups is 1. The molecular formula is C21H23N3O5. The van der Waals surface area contributed by atoms with Gasteiger partial charge in [-0.3, -0.25) is 4.79 Å².